The van der Waals surface area contributed by atoms with E-state index in [1.54, 1.807) is 0 Å². The number of aromatic nitrogens is 3. The Labute approximate surface area is 138 Å². The van der Waals surface area contributed by atoms with Crippen molar-refractivity contribution in [3.05, 3.63) is 47.0 Å². The molecule has 1 amide bonds. The van der Waals surface area contributed by atoms with Gasteiger partial charge in [-0.25, -0.2) is 4.98 Å². The summed E-state index contributed by atoms with van der Waals surface area (Å²) in [5.74, 6) is -0.106. The van der Waals surface area contributed by atoms with E-state index >= 15 is 0 Å². The molecule has 0 spiro atoms. The van der Waals surface area contributed by atoms with Gasteiger partial charge < -0.3 is 9.84 Å². The lowest BCUT2D eigenvalue weighted by atomic mass is 10.1. The molecule has 3 aromatic rings. The number of nitrogens with zero attached hydrogens (tertiary/aromatic N) is 3. The fourth-order valence-electron chi connectivity index (χ4n) is 2.45. The fourth-order valence-corrected chi connectivity index (χ4v) is 2.45. The van der Waals surface area contributed by atoms with Crippen LogP contribution in [0.2, 0.25) is 0 Å². The van der Waals surface area contributed by atoms with Crippen LogP contribution in [0.25, 0.3) is 22.4 Å². The smallest absolute Gasteiger partial charge is 0.266 e. The minimum Gasteiger partial charge on any atom is -0.354 e. The molecule has 7 nitrogen and oxygen atoms in total. The predicted octanol–water partition coefficient (Wildman–Crippen LogP) is 1.97. The molecular formula is C17H18N4O3. The van der Waals surface area contributed by atoms with Crippen molar-refractivity contribution < 1.29 is 9.32 Å². The van der Waals surface area contributed by atoms with Gasteiger partial charge in [-0.15, -0.1) is 0 Å². The molecule has 0 unspecified atom stereocenters. The number of nitrogens with one attached hydrogen (secondary N) is 1. The lowest BCUT2D eigenvalue weighted by Crippen LogP contribution is -2.32. The van der Waals surface area contributed by atoms with Crippen LogP contribution in [0.5, 0.6) is 0 Å². The van der Waals surface area contributed by atoms with Gasteiger partial charge in [0.2, 0.25) is 5.91 Å². The van der Waals surface area contributed by atoms with Crippen molar-refractivity contribution >= 4 is 17.0 Å². The number of rotatable bonds is 5. The molecule has 0 radical (unpaired) electrons. The molecule has 7 heteroatoms. The third-order valence-corrected chi connectivity index (χ3v) is 3.54. The first-order valence-electron chi connectivity index (χ1n) is 7.76. The van der Waals surface area contributed by atoms with Gasteiger partial charge in [-0.1, -0.05) is 35.5 Å². The Balaban J connectivity index is 1.93. The van der Waals surface area contributed by atoms with Gasteiger partial charge in [0.25, 0.3) is 11.3 Å². The SMILES string of the molecule is CC(C)NC(=O)CCn1cnc2onc(-c3ccccc3)c2c1=O. The Morgan fingerprint density at radius 3 is 2.75 bits per heavy atom. The summed E-state index contributed by atoms with van der Waals surface area (Å²) in [6, 6.07) is 9.38. The highest BCUT2D eigenvalue weighted by atomic mass is 16.5. The molecule has 2 aromatic heterocycles. The van der Waals surface area contributed by atoms with Gasteiger partial charge in [0.15, 0.2) is 0 Å². The number of amides is 1. The molecule has 1 N–H and O–H groups in total. The molecule has 0 aliphatic carbocycles. The van der Waals surface area contributed by atoms with Gasteiger partial charge in [0, 0.05) is 24.6 Å². The number of benzene rings is 1. The average Bonchev–Trinajstić information content (AvgIpc) is 2.99. The summed E-state index contributed by atoms with van der Waals surface area (Å²) in [5.41, 5.74) is 1.17. The highest BCUT2D eigenvalue weighted by molar-refractivity contribution is 5.88. The van der Waals surface area contributed by atoms with E-state index in [2.05, 4.69) is 15.5 Å². The Kier molecular flexibility index (Phi) is 4.41. The molecule has 0 saturated carbocycles. The first-order chi connectivity index (χ1) is 11.6. The van der Waals surface area contributed by atoms with E-state index in [-0.39, 0.29) is 36.2 Å². The zero-order valence-corrected chi connectivity index (χ0v) is 13.5. The second kappa shape index (κ2) is 6.66. The van der Waals surface area contributed by atoms with Gasteiger partial charge in [0.05, 0.1) is 0 Å². The number of hydrogen-bond acceptors (Lipinski definition) is 5. The summed E-state index contributed by atoms with van der Waals surface area (Å²) in [4.78, 5) is 28.6. The van der Waals surface area contributed by atoms with E-state index in [0.717, 1.165) is 5.56 Å². The average molecular weight is 326 g/mol. The first kappa shape index (κ1) is 15.9. The Morgan fingerprint density at radius 1 is 1.29 bits per heavy atom. The van der Waals surface area contributed by atoms with E-state index in [9.17, 15) is 9.59 Å². The lowest BCUT2D eigenvalue weighted by Gasteiger charge is -2.09. The third kappa shape index (κ3) is 3.19. The molecule has 124 valence electrons. The van der Waals surface area contributed by atoms with Crippen molar-refractivity contribution in [3.63, 3.8) is 0 Å². The molecule has 3 rings (SSSR count). The topological polar surface area (TPSA) is 90.0 Å². The molecule has 0 aliphatic heterocycles. The van der Waals surface area contributed by atoms with E-state index in [4.69, 9.17) is 4.52 Å². The van der Waals surface area contributed by atoms with E-state index < -0.39 is 0 Å². The maximum atomic E-state index is 12.7. The Hall–Kier alpha value is -2.96. The second-order valence-corrected chi connectivity index (χ2v) is 5.79. The Morgan fingerprint density at radius 2 is 2.04 bits per heavy atom. The van der Waals surface area contributed by atoms with E-state index in [1.807, 2.05) is 44.2 Å². The quantitative estimate of drug-likeness (QED) is 0.774. The van der Waals surface area contributed by atoms with Crippen LogP contribution in [0.4, 0.5) is 0 Å². The monoisotopic (exact) mass is 326 g/mol. The molecule has 2 heterocycles. The van der Waals surface area contributed by atoms with Gasteiger partial charge >= 0.3 is 0 Å². The van der Waals surface area contributed by atoms with Crippen LogP contribution in [-0.2, 0) is 11.3 Å². The van der Waals surface area contributed by atoms with E-state index in [1.165, 1.54) is 10.9 Å². The van der Waals surface area contributed by atoms with Crippen LogP contribution >= 0.6 is 0 Å². The number of hydrogen-bond donors (Lipinski definition) is 1. The van der Waals surface area contributed by atoms with Gasteiger partial charge in [-0.05, 0) is 13.8 Å². The number of aryl methyl sites for hydroxylation is 1. The van der Waals surface area contributed by atoms with Crippen molar-refractivity contribution in [2.75, 3.05) is 0 Å². The first-order valence-corrected chi connectivity index (χ1v) is 7.76. The maximum Gasteiger partial charge on any atom is 0.266 e. The molecule has 0 bridgehead atoms. The number of fused-ring (bicyclic) bond motifs is 1. The van der Waals surface area contributed by atoms with Crippen LogP contribution in [0.15, 0.2) is 46.0 Å². The maximum absolute atomic E-state index is 12.7. The van der Waals surface area contributed by atoms with Gasteiger partial charge in [0.1, 0.15) is 17.4 Å². The van der Waals surface area contributed by atoms with Crippen LogP contribution in [0, 0.1) is 0 Å². The van der Waals surface area contributed by atoms with Crippen molar-refractivity contribution in [1.29, 1.82) is 0 Å². The van der Waals surface area contributed by atoms with Crippen molar-refractivity contribution in [3.8, 4) is 11.3 Å². The fraction of sp³-hybridized carbons (Fsp3) is 0.294. The van der Waals surface area contributed by atoms with Crippen LogP contribution in [0.1, 0.15) is 20.3 Å². The predicted molar refractivity (Wildman–Crippen MR) is 89.4 cm³/mol. The number of carbonyl (C=O) groups excluding carboxylic acids is 1. The highest BCUT2D eigenvalue weighted by Crippen LogP contribution is 2.23. The van der Waals surface area contributed by atoms with Crippen LogP contribution in [0.3, 0.4) is 0 Å². The van der Waals surface area contributed by atoms with Gasteiger partial charge in [-0.3, -0.25) is 14.2 Å². The van der Waals surface area contributed by atoms with Crippen LogP contribution < -0.4 is 10.9 Å². The lowest BCUT2D eigenvalue weighted by molar-refractivity contribution is -0.121. The molecule has 0 atom stereocenters. The summed E-state index contributed by atoms with van der Waals surface area (Å²) in [5, 5.41) is 7.10. The third-order valence-electron chi connectivity index (χ3n) is 3.54. The molecule has 0 fully saturated rings. The zero-order valence-electron chi connectivity index (χ0n) is 13.5. The van der Waals surface area contributed by atoms with Crippen molar-refractivity contribution in [1.82, 2.24) is 20.0 Å². The number of carbonyl (C=O) groups is 1. The molecule has 1 aromatic carbocycles. The zero-order chi connectivity index (χ0) is 17.1. The normalized spacial score (nSPS) is 11.1. The van der Waals surface area contributed by atoms with Crippen LogP contribution in [-0.4, -0.2) is 26.7 Å². The van der Waals surface area contributed by atoms with Crippen molar-refractivity contribution in [2.24, 2.45) is 0 Å². The second-order valence-electron chi connectivity index (χ2n) is 5.79. The van der Waals surface area contributed by atoms with Gasteiger partial charge in [-0.2, -0.15) is 0 Å². The largest absolute Gasteiger partial charge is 0.354 e. The van der Waals surface area contributed by atoms with E-state index in [0.29, 0.717) is 11.1 Å². The molecule has 24 heavy (non-hydrogen) atoms. The summed E-state index contributed by atoms with van der Waals surface area (Å²) >= 11 is 0. The highest BCUT2D eigenvalue weighted by Gasteiger charge is 2.17. The Bertz CT molecular complexity index is 912. The summed E-state index contributed by atoms with van der Waals surface area (Å²) in [6.45, 7) is 4.03. The molecular weight excluding hydrogens is 308 g/mol. The summed E-state index contributed by atoms with van der Waals surface area (Å²) in [6.07, 6.45) is 1.59. The minimum atomic E-state index is -0.266. The minimum absolute atomic E-state index is 0.0672. The standard InChI is InChI=1S/C17H18N4O3/c1-11(2)19-13(22)8-9-21-10-18-16-14(17(21)23)15(20-24-16)12-6-4-3-5-7-12/h3-7,10-11H,8-9H2,1-2H3,(H,19,22). The molecule has 0 saturated heterocycles. The van der Waals surface area contributed by atoms with Crippen molar-refractivity contribution in [2.45, 2.75) is 32.9 Å². The molecule has 0 aliphatic rings. The summed E-state index contributed by atoms with van der Waals surface area (Å²) in [7, 11) is 0. The summed E-state index contributed by atoms with van der Waals surface area (Å²) < 4.78 is 6.57.